The Bertz CT molecular complexity index is 816. The molecule has 25 heavy (non-hydrogen) atoms. The lowest BCUT2D eigenvalue weighted by Crippen LogP contribution is -2.38. The highest BCUT2D eigenvalue weighted by Crippen LogP contribution is 2.32. The zero-order chi connectivity index (χ0) is 16.8. The van der Waals surface area contributed by atoms with Gasteiger partial charge < -0.3 is 4.74 Å². The Morgan fingerprint density at radius 1 is 1.12 bits per heavy atom. The second-order valence-electron chi connectivity index (χ2n) is 7.83. The number of pyridine rings is 1. The third-order valence-electron chi connectivity index (χ3n) is 6.13. The van der Waals surface area contributed by atoms with Crippen LogP contribution in [0.25, 0.3) is 11.2 Å². The van der Waals surface area contributed by atoms with Crippen LogP contribution < -0.4 is 5.69 Å². The lowest BCUT2D eigenvalue weighted by molar-refractivity contribution is 0.0413. The molecule has 0 spiro atoms. The molecule has 5 rings (SSSR count). The fourth-order valence-electron chi connectivity index (χ4n) is 4.53. The number of likely N-dealkylation sites (tertiary alicyclic amines) is 1. The number of hydrogen-bond donors (Lipinski definition) is 0. The number of fused-ring (bicyclic) bond motifs is 1. The highest BCUT2D eigenvalue weighted by molar-refractivity contribution is 5.71. The van der Waals surface area contributed by atoms with E-state index in [2.05, 4.69) is 9.88 Å². The predicted molar refractivity (Wildman–Crippen MR) is 95.8 cm³/mol. The molecule has 4 heterocycles. The first-order valence-corrected chi connectivity index (χ1v) is 9.69. The molecule has 0 aromatic carbocycles. The van der Waals surface area contributed by atoms with E-state index in [9.17, 15) is 4.79 Å². The first-order valence-electron chi connectivity index (χ1n) is 9.69. The quantitative estimate of drug-likeness (QED) is 0.853. The maximum Gasteiger partial charge on any atom is 0.330 e. The summed E-state index contributed by atoms with van der Waals surface area (Å²) in [6.07, 6.45) is 7.58. The molecule has 0 bridgehead atoms. The molecule has 1 atom stereocenters. The highest BCUT2D eigenvalue weighted by atomic mass is 16.5. The van der Waals surface area contributed by atoms with Crippen molar-refractivity contribution in [1.82, 2.24) is 19.0 Å². The van der Waals surface area contributed by atoms with Gasteiger partial charge in [0.25, 0.3) is 0 Å². The van der Waals surface area contributed by atoms with Crippen LogP contribution in [0, 0.1) is 5.92 Å². The van der Waals surface area contributed by atoms with Gasteiger partial charge in [-0.15, -0.1) is 0 Å². The van der Waals surface area contributed by atoms with Gasteiger partial charge in [0.2, 0.25) is 0 Å². The van der Waals surface area contributed by atoms with Gasteiger partial charge in [-0.25, -0.2) is 9.78 Å². The average Bonchev–Trinajstić information content (AvgIpc) is 3.27. The van der Waals surface area contributed by atoms with E-state index in [0.717, 1.165) is 63.3 Å². The first kappa shape index (κ1) is 15.6. The largest absolute Gasteiger partial charge is 0.381 e. The minimum absolute atomic E-state index is 0.138. The molecule has 3 fully saturated rings. The van der Waals surface area contributed by atoms with Crippen molar-refractivity contribution in [3.63, 3.8) is 0 Å². The molecule has 6 heteroatoms. The molecule has 6 nitrogen and oxygen atoms in total. The Hall–Kier alpha value is -1.66. The zero-order valence-corrected chi connectivity index (χ0v) is 14.6. The summed E-state index contributed by atoms with van der Waals surface area (Å²) in [6.45, 7) is 4.63. The van der Waals surface area contributed by atoms with Gasteiger partial charge in [0.1, 0.15) is 0 Å². The smallest absolute Gasteiger partial charge is 0.330 e. The molecular formula is C19H26N4O2. The lowest BCUT2D eigenvalue weighted by Gasteiger charge is -2.31. The molecule has 0 unspecified atom stereocenters. The zero-order valence-electron chi connectivity index (χ0n) is 14.6. The summed E-state index contributed by atoms with van der Waals surface area (Å²) in [4.78, 5) is 20.3. The van der Waals surface area contributed by atoms with Crippen molar-refractivity contribution >= 4 is 11.2 Å². The van der Waals surface area contributed by atoms with Crippen molar-refractivity contribution in [3.8, 4) is 0 Å². The van der Waals surface area contributed by atoms with Crippen LogP contribution in [-0.2, 0) is 11.3 Å². The normalized spacial score (nSPS) is 25.8. The molecule has 2 aromatic heterocycles. The Kier molecular flexibility index (Phi) is 3.90. The van der Waals surface area contributed by atoms with Crippen LogP contribution in [0.1, 0.15) is 38.1 Å². The van der Waals surface area contributed by atoms with Gasteiger partial charge in [-0.2, -0.15) is 0 Å². The van der Waals surface area contributed by atoms with E-state index < -0.39 is 0 Å². The van der Waals surface area contributed by atoms with Crippen molar-refractivity contribution in [2.45, 2.75) is 50.7 Å². The van der Waals surface area contributed by atoms with E-state index in [4.69, 9.17) is 4.74 Å². The lowest BCUT2D eigenvalue weighted by atomic mass is 10.1. The predicted octanol–water partition coefficient (Wildman–Crippen LogP) is 2.03. The fourth-order valence-corrected chi connectivity index (χ4v) is 4.53. The van der Waals surface area contributed by atoms with Crippen molar-refractivity contribution in [3.05, 3.63) is 28.8 Å². The number of aromatic nitrogens is 3. The van der Waals surface area contributed by atoms with Crippen LogP contribution in [0.2, 0.25) is 0 Å². The third kappa shape index (κ3) is 2.81. The minimum Gasteiger partial charge on any atom is -0.381 e. The number of nitrogens with zero attached hydrogens (tertiary/aromatic N) is 4. The van der Waals surface area contributed by atoms with Crippen molar-refractivity contribution in [1.29, 1.82) is 0 Å². The Morgan fingerprint density at radius 2 is 1.96 bits per heavy atom. The number of hydrogen-bond acceptors (Lipinski definition) is 4. The van der Waals surface area contributed by atoms with Gasteiger partial charge in [0.15, 0.2) is 5.65 Å². The SMILES string of the molecule is O=c1n(CC2CC2)c2cccnc2n1[C@@H]1CCN(C2CCOCC2)C1. The molecule has 134 valence electrons. The van der Waals surface area contributed by atoms with Gasteiger partial charge in [-0.3, -0.25) is 14.0 Å². The van der Waals surface area contributed by atoms with Gasteiger partial charge >= 0.3 is 5.69 Å². The van der Waals surface area contributed by atoms with E-state index in [-0.39, 0.29) is 11.7 Å². The van der Waals surface area contributed by atoms with E-state index in [1.54, 1.807) is 0 Å². The summed E-state index contributed by atoms with van der Waals surface area (Å²) in [7, 11) is 0. The van der Waals surface area contributed by atoms with Crippen LogP contribution >= 0.6 is 0 Å². The number of rotatable bonds is 4. The summed E-state index contributed by atoms with van der Waals surface area (Å²) >= 11 is 0. The van der Waals surface area contributed by atoms with E-state index >= 15 is 0 Å². The highest BCUT2D eigenvalue weighted by Gasteiger charge is 2.33. The van der Waals surface area contributed by atoms with Crippen molar-refractivity contribution in [2.75, 3.05) is 26.3 Å². The molecule has 1 saturated carbocycles. The molecule has 0 amide bonds. The van der Waals surface area contributed by atoms with E-state index in [1.807, 2.05) is 27.5 Å². The Morgan fingerprint density at radius 3 is 2.76 bits per heavy atom. The molecule has 3 aliphatic rings. The van der Waals surface area contributed by atoms with Crippen LogP contribution in [0.5, 0.6) is 0 Å². The average molecular weight is 342 g/mol. The van der Waals surface area contributed by atoms with Crippen LogP contribution in [0.15, 0.2) is 23.1 Å². The topological polar surface area (TPSA) is 52.3 Å². The monoisotopic (exact) mass is 342 g/mol. The molecular weight excluding hydrogens is 316 g/mol. The van der Waals surface area contributed by atoms with Crippen LogP contribution in [0.3, 0.4) is 0 Å². The number of imidazole rings is 1. The van der Waals surface area contributed by atoms with Gasteiger partial charge in [0, 0.05) is 45.1 Å². The van der Waals surface area contributed by atoms with Crippen LogP contribution in [-0.4, -0.2) is 51.4 Å². The third-order valence-corrected chi connectivity index (χ3v) is 6.13. The standard InChI is InChI=1S/C19H26N4O2/c24-19-22(12-14-3-4-14)17-2-1-8-20-18(17)23(19)16-5-9-21(13-16)15-6-10-25-11-7-15/h1-2,8,14-16H,3-7,9-13H2/t16-/m1/s1. The molecule has 0 radical (unpaired) electrons. The maximum absolute atomic E-state index is 13.2. The molecule has 1 aliphatic carbocycles. The van der Waals surface area contributed by atoms with Gasteiger partial charge in [-0.1, -0.05) is 0 Å². The van der Waals surface area contributed by atoms with E-state index in [1.165, 1.54) is 12.8 Å². The summed E-state index contributed by atoms with van der Waals surface area (Å²) in [5.74, 6) is 0.680. The second-order valence-corrected chi connectivity index (χ2v) is 7.83. The van der Waals surface area contributed by atoms with Gasteiger partial charge in [-0.05, 0) is 50.2 Å². The Balaban J connectivity index is 1.46. The van der Waals surface area contributed by atoms with E-state index in [0.29, 0.717) is 12.0 Å². The fraction of sp³-hybridized carbons (Fsp3) is 0.684. The van der Waals surface area contributed by atoms with Crippen LogP contribution in [0.4, 0.5) is 0 Å². The minimum atomic E-state index is 0.138. The second kappa shape index (κ2) is 6.25. The maximum atomic E-state index is 13.2. The molecule has 2 aromatic rings. The summed E-state index contributed by atoms with van der Waals surface area (Å²) in [5.41, 5.74) is 2.01. The summed E-state index contributed by atoms with van der Waals surface area (Å²) in [5, 5.41) is 0. The Labute approximate surface area is 147 Å². The van der Waals surface area contributed by atoms with Crippen molar-refractivity contribution in [2.24, 2.45) is 5.92 Å². The molecule has 2 aliphatic heterocycles. The molecule has 2 saturated heterocycles. The first-order chi connectivity index (χ1) is 12.3. The summed E-state index contributed by atoms with van der Waals surface area (Å²) in [6, 6.07) is 4.85. The van der Waals surface area contributed by atoms with Gasteiger partial charge in [0.05, 0.1) is 11.6 Å². The van der Waals surface area contributed by atoms with Crippen molar-refractivity contribution < 1.29 is 4.74 Å². The molecule has 0 N–H and O–H groups in total. The number of ether oxygens (including phenoxy) is 1. The summed E-state index contributed by atoms with van der Waals surface area (Å²) < 4.78 is 9.45.